The molecule has 0 aromatic heterocycles. The van der Waals surface area contributed by atoms with Crippen molar-refractivity contribution in [3.05, 3.63) is 42.0 Å². The summed E-state index contributed by atoms with van der Waals surface area (Å²) in [5, 5.41) is 2.92. The Balaban J connectivity index is 1.53. The van der Waals surface area contributed by atoms with Crippen LogP contribution in [0.5, 0.6) is 11.5 Å². The second-order valence-corrected chi connectivity index (χ2v) is 9.60. The van der Waals surface area contributed by atoms with Gasteiger partial charge in [-0.15, -0.1) is 11.8 Å². The Labute approximate surface area is 161 Å². The van der Waals surface area contributed by atoms with Crippen molar-refractivity contribution in [2.45, 2.75) is 34.9 Å². The average Bonchev–Trinajstić information content (AvgIpc) is 3.03. The highest BCUT2D eigenvalue weighted by Crippen LogP contribution is 2.36. The predicted molar refractivity (Wildman–Crippen MR) is 102 cm³/mol. The van der Waals surface area contributed by atoms with Crippen LogP contribution in [-0.2, 0) is 21.4 Å². The van der Waals surface area contributed by atoms with Gasteiger partial charge in [-0.1, -0.05) is 13.0 Å². The molecule has 9 heteroatoms. The van der Waals surface area contributed by atoms with Crippen molar-refractivity contribution in [1.82, 2.24) is 4.72 Å². The van der Waals surface area contributed by atoms with Gasteiger partial charge in [0.25, 0.3) is 0 Å². The Hall–Kier alpha value is -2.23. The maximum absolute atomic E-state index is 12.7. The lowest BCUT2D eigenvalue weighted by Gasteiger charge is -2.11. The van der Waals surface area contributed by atoms with Gasteiger partial charge < -0.3 is 14.8 Å². The Morgan fingerprint density at radius 3 is 2.85 bits per heavy atom. The monoisotopic (exact) mass is 406 g/mol. The molecule has 0 saturated heterocycles. The molecule has 0 spiro atoms. The number of benzene rings is 2. The van der Waals surface area contributed by atoms with E-state index in [0.717, 1.165) is 10.5 Å². The van der Waals surface area contributed by atoms with Gasteiger partial charge in [-0.25, -0.2) is 13.1 Å². The lowest BCUT2D eigenvalue weighted by Crippen LogP contribution is -2.23. The van der Waals surface area contributed by atoms with Gasteiger partial charge in [0.05, 0.1) is 10.6 Å². The summed E-state index contributed by atoms with van der Waals surface area (Å²) in [7, 11) is -3.73. The van der Waals surface area contributed by atoms with E-state index in [1.54, 1.807) is 42.1 Å². The summed E-state index contributed by atoms with van der Waals surface area (Å²) in [6, 6.07) is 10.1. The van der Waals surface area contributed by atoms with Crippen molar-refractivity contribution >= 4 is 33.4 Å². The number of nitrogens with one attached hydrogen (secondary N) is 2. The first-order valence-corrected chi connectivity index (χ1v) is 10.8. The molecule has 0 aliphatic carbocycles. The molecule has 0 bridgehead atoms. The first-order chi connectivity index (χ1) is 12.9. The highest BCUT2D eigenvalue weighted by molar-refractivity contribution is 8.00. The first kappa shape index (κ1) is 18.1. The summed E-state index contributed by atoms with van der Waals surface area (Å²) < 4.78 is 38.5. The number of sulfonamides is 1. The van der Waals surface area contributed by atoms with E-state index in [1.165, 1.54) is 6.07 Å². The number of rotatable bonds is 4. The molecule has 1 atom stereocenters. The van der Waals surface area contributed by atoms with Gasteiger partial charge in [0.2, 0.25) is 22.7 Å². The smallest absolute Gasteiger partial charge is 0.240 e. The Morgan fingerprint density at radius 2 is 2.00 bits per heavy atom. The molecule has 0 saturated carbocycles. The summed E-state index contributed by atoms with van der Waals surface area (Å²) in [5.41, 5.74) is 1.29. The van der Waals surface area contributed by atoms with Crippen molar-refractivity contribution in [2.24, 2.45) is 0 Å². The molecule has 27 heavy (non-hydrogen) atoms. The fourth-order valence-electron chi connectivity index (χ4n) is 2.91. The molecule has 1 unspecified atom stereocenters. The highest BCUT2D eigenvalue weighted by atomic mass is 32.2. The molecule has 2 heterocycles. The van der Waals surface area contributed by atoms with E-state index in [-0.39, 0.29) is 29.4 Å². The van der Waals surface area contributed by atoms with E-state index in [1.807, 2.05) is 6.92 Å². The zero-order valence-corrected chi connectivity index (χ0v) is 16.2. The molecule has 4 rings (SSSR count). The largest absolute Gasteiger partial charge is 0.454 e. The highest BCUT2D eigenvalue weighted by Gasteiger charge is 2.22. The van der Waals surface area contributed by atoms with Crippen LogP contribution < -0.4 is 19.5 Å². The van der Waals surface area contributed by atoms with Crippen LogP contribution in [0.3, 0.4) is 0 Å². The van der Waals surface area contributed by atoms with E-state index in [4.69, 9.17) is 9.47 Å². The number of hydrogen-bond donors (Lipinski definition) is 2. The SMILES string of the molecule is CC1CC(=O)Nc2cc(S(=O)(=O)NCc3ccc4c(c3)OCO4)ccc2S1. The van der Waals surface area contributed by atoms with Crippen LogP contribution in [0.15, 0.2) is 46.2 Å². The molecule has 142 valence electrons. The van der Waals surface area contributed by atoms with Crippen LogP contribution in [-0.4, -0.2) is 26.4 Å². The van der Waals surface area contributed by atoms with E-state index >= 15 is 0 Å². The number of thioether (sulfide) groups is 1. The zero-order chi connectivity index (χ0) is 19.0. The molecule has 0 fully saturated rings. The molecular weight excluding hydrogens is 388 g/mol. The van der Waals surface area contributed by atoms with Crippen LogP contribution in [0.25, 0.3) is 0 Å². The normalized spacial score (nSPS) is 18.6. The minimum atomic E-state index is -3.73. The van der Waals surface area contributed by atoms with E-state index in [2.05, 4.69) is 10.0 Å². The summed E-state index contributed by atoms with van der Waals surface area (Å²) in [4.78, 5) is 12.9. The molecule has 2 aliphatic rings. The van der Waals surface area contributed by atoms with E-state index < -0.39 is 10.0 Å². The fraction of sp³-hybridized carbons (Fsp3) is 0.278. The predicted octanol–water partition coefficient (Wildman–Crippen LogP) is 2.72. The van der Waals surface area contributed by atoms with Gasteiger partial charge in [-0.05, 0) is 35.9 Å². The summed E-state index contributed by atoms with van der Waals surface area (Å²) in [6.45, 7) is 2.26. The average molecular weight is 406 g/mol. The number of anilines is 1. The lowest BCUT2D eigenvalue weighted by molar-refractivity contribution is -0.116. The van der Waals surface area contributed by atoms with Gasteiger partial charge >= 0.3 is 0 Å². The van der Waals surface area contributed by atoms with E-state index in [0.29, 0.717) is 23.6 Å². The summed E-state index contributed by atoms with van der Waals surface area (Å²) in [5.74, 6) is 1.14. The van der Waals surface area contributed by atoms with Crippen LogP contribution in [0.1, 0.15) is 18.9 Å². The number of fused-ring (bicyclic) bond motifs is 2. The third-order valence-electron chi connectivity index (χ3n) is 4.24. The topological polar surface area (TPSA) is 93.7 Å². The van der Waals surface area contributed by atoms with Gasteiger partial charge in [0.15, 0.2) is 11.5 Å². The van der Waals surface area contributed by atoms with Crippen LogP contribution >= 0.6 is 11.8 Å². The number of carbonyl (C=O) groups is 1. The molecule has 0 radical (unpaired) electrons. The van der Waals surface area contributed by atoms with Gasteiger partial charge in [0, 0.05) is 23.1 Å². The number of carbonyl (C=O) groups excluding carboxylic acids is 1. The van der Waals surface area contributed by atoms with Crippen LogP contribution in [0.4, 0.5) is 5.69 Å². The molecule has 7 nitrogen and oxygen atoms in total. The fourth-order valence-corrected chi connectivity index (χ4v) is 5.01. The van der Waals surface area contributed by atoms with Gasteiger partial charge in [-0.2, -0.15) is 0 Å². The Kier molecular flexibility index (Phi) is 4.75. The van der Waals surface area contributed by atoms with E-state index in [9.17, 15) is 13.2 Å². The molecule has 2 aromatic rings. The summed E-state index contributed by atoms with van der Waals surface area (Å²) in [6.07, 6.45) is 0.393. The Morgan fingerprint density at radius 1 is 1.19 bits per heavy atom. The Bertz CT molecular complexity index is 1010. The molecule has 2 aliphatic heterocycles. The second-order valence-electron chi connectivity index (χ2n) is 6.35. The maximum Gasteiger partial charge on any atom is 0.240 e. The first-order valence-electron chi connectivity index (χ1n) is 8.39. The third-order valence-corrected chi connectivity index (χ3v) is 6.82. The number of amides is 1. The molecule has 2 aromatic carbocycles. The van der Waals surface area contributed by atoms with Gasteiger partial charge in [0.1, 0.15) is 0 Å². The van der Waals surface area contributed by atoms with Crippen molar-refractivity contribution in [3.8, 4) is 11.5 Å². The number of hydrogen-bond acceptors (Lipinski definition) is 6. The van der Waals surface area contributed by atoms with Crippen molar-refractivity contribution in [2.75, 3.05) is 12.1 Å². The molecule has 1 amide bonds. The zero-order valence-electron chi connectivity index (χ0n) is 14.5. The minimum Gasteiger partial charge on any atom is -0.454 e. The maximum atomic E-state index is 12.7. The second kappa shape index (κ2) is 7.06. The minimum absolute atomic E-state index is 0.109. The van der Waals surface area contributed by atoms with Crippen molar-refractivity contribution in [3.63, 3.8) is 0 Å². The number of ether oxygens (including phenoxy) is 2. The molecular formula is C18H18N2O5S2. The van der Waals surface area contributed by atoms with Crippen LogP contribution in [0, 0.1) is 0 Å². The van der Waals surface area contributed by atoms with Crippen molar-refractivity contribution < 1.29 is 22.7 Å². The molecule has 2 N–H and O–H groups in total. The third kappa shape index (κ3) is 3.90. The standard InChI is InChI=1S/C18H18N2O5S2/c1-11-6-18(21)20-14-8-13(3-5-17(14)26-11)27(22,23)19-9-12-2-4-15-16(7-12)25-10-24-15/h2-5,7-8,11,19H,6,9-10H2,1H3,(H,20,21). The van der Waals surface area contributed by atoms with Crippen LogP contribution in [0.2, 0.25) is 0 Å². The lowest BCUT2D eigenvalue weighted by atomic mass is 10.2. The van der Waals surface area contributed by atoms with Crippen molar-refractivity contribution in [1.29, 1.82) is 0 Å². The summed E-state index contributed by atoms with van der Waals surface area (Å²) >= 11 is 1.55. The van der Waals surface area contributed by atoms with Gasteiger partial charge in [-0.3, -0.25) is 4.79 Å². The quantitative estimate of drug-likeness (QED) is 0.811.